The summed E-state index contributed by atoms with van der Waals surface area (Å²) in [7, 11) is 0. The van der Waals surface area contributed by atoms with Crippen LogP contribution in [0.25, 0.3) is 0 Å². The van der Waals surface area contributed by atoms with Crippen LogP contribution < -0.4 is 5.32 Å². The standard InChI is InChI=1S/C15H32N2/c1-12(2)13-10-16-15(6,7)11-17(13)9-8-14(3,4)5/h12-13,16H,8-11H2,1-7H3. The Morgan fingerprint density at radius 1 is 1.29 bits per heavy atom. The molecule has 1 fully saturated rings. The summed E-state index contributed by atoms with van der Waals surface area (Å²) in [6.45, 7) is 19.9. The Labute approximate surface area is 108 Å². The number of nitrogens with zero attached hydrogens (tertiary/aromatic N) is 1. The number of rotatable bonds is 3. The average Bonchev–Trinajstić information content (AvgIpc) is 2.11. The second-order valence-corrected chi connectivity index (χ2v) is 7.86. The van der Waals surface area contributed by atoms with Gasteiger partial charge in [0.1, 0.15) is 0 Å². The molecule has 0 bridgehead atoms. The zero-order chi connectivity index (χ0) is 13.3. The summed E-state index contributed by atoms with van der Waals surface area (Å²) in [4.78, 5) is 2.70. The van der Waals surface area contributed by atoms with Crippen LogP contribution in [0.1, 0.15) is 54.9 Å². The SMILES string of the molecule is CC(C)C1CNC(C)(C)CN1CCC(C)(C)C. The highest BCUT2D eigenvalue weighted by atomic mass is 15.2. The molecule has 2 heteroatoms. The average molecular weight is 240 g/mol. The molecule has 1 atom stereocenters. The summed E-state index contributed by atoms with van der Waals surface area (Å²) in [6, 6.07) is 0.699. The summed E-state index contributed by atoms with van der Waals surface area (Å²) in [5.41, 5.74) is 0.708. The molecule has 0 aromatic carbocycles. The van der Waals surface area contributed by atoms with Gasteiger partial charge in [-0.1, -0.05) is 34.6 Å². The lowest BCUT2D eigenvalue weighted by Gasteiger charge is -2.47. The van der Waals surface area contributed by atoms with Crippen LogP contribution in [0.15, 0.2) is 0 Å². The van der Waals surface area contributed by atoms with Gasteiger partial charge in [0.2, 0.25) is 0 Å². The van der Waals surface area contributed by atoms with Crippen LogP contribution in [0.5, 0.6) is 0 Å². The van der Waals surface area contributed by atoms with E-state index in [-0.39, 0.29) is 5.54 Å². The normalized spacial score (nSPS) is 26.5. The third-order valence-electron chi connectivity index (χ3n) is 3.78. The molecule has 1 rings (SSSR count). The molecule has 2 nitrogen and oxygen atoms in total. The van der Waals surface area contributed by atoms with Crippen LogP contribution in [0, 0.1) is 11.3 Å². The summed E-state index contributed by atoms with van der Waals surface area (Å²) in [5, 5.41) is 3.68. The maximum absolute atomic E-state index is 3.68. The lowest BCUT2D eigenvalue weighted by molar-refractivity contribution is 0.0599. The van der Waals surface area contributed by atoms with E-state index in [1.54, 1.807) is 0 Å². The largest absolute Gasteiger partial charge is 0.309 e. The first-order valence-corrected chi connectivity index (χ1v) is 7.10. The van der Waals surface area contributed by atoms with Gasteiger partial charge in [0.15, 0.2) is 0 Å². The summed E-state index contributed by atoms with van der Waals surface area (Å²) < 4.78 is 0. The number of nitrogens with one attached hydrogen (secondary N) is 1. The summed E-state index contributed by atoms with van der Waals surface area (Å²) in [6.07, 6.45) is 1.28. The van der Waals surface area contributed by atoms with Crippen molar-refractivity contribution in [1.29, 1.82) is 0 Å². The second kappa shape index (κ2) is 5.27. The zero-order valence-electron chi connectivity index (χ0n) is 12.9. The Morgan fingerprint density at radius 2 is 1.88 bits per heavy atom. The number of hydrogen-bond acceptors (Lipinski definition) is 2. The quantitative estimate of drug-likeness (QED) is 0.815. The van der Waals surface area contributed by atoms with Gasteiger partial charge in [-0.25, -0.2) is 0 Å². The van der Waals surface area contributed by atoms with E-state index in [4.69, 9.17) is 0 Å². The van der Waals surface area contributed by atoms with Crippen LogP contribution in [0.3, 0.4) is 0 Å². The van der Waals surface area contributed by atoms with E-state index in [9.17, 15) is 0 Å². The molecule has 102 valence electrons. The lowest BCUT2D eigenvalue weighted by atomic mass is 9.89. The van der Waals surface area contributed by atoms with Gasteiger partial charge in [-0.3, -0.25) is 4.90 Å². The minimum absolute atomic E-state index is 0.267. The van der Waals surface area contributed by atoms with Crippen LogP contribution in [-0.4, -0.2) is 36.1 Å². The highest BCUT2D eigenvalue weighted by molar-refractivity contribution is 4.93. The first kappa shape index (κ1) is 15.0. The summed E-state index contributed by atoms with van der Waals surface area (Å²) >= 11 is 0. The molecule has 1 heterocycles. The fraction of sp³-hybridized carbons (Fsp3) is 1.00. The third kappa shape index (κ3) is 4.97. The highest BCUT2D eigenvalue weighted by Crippen LogP contribution is 2.24. The topological polar surface area (TPSA) is 15.3 Å². The maximum Gasteiger partial charge on any atom is 0.0252 e. The van der Waals surface area contributed by atoms with Gasteiger partial charge in [-0.2, -0.15) is 0 Å². The Bertz CT molecular complexity index is 238. The van der Waals surface area contributed by atoms with Gasteiger partial charge in [-0.15, -0.1) is 0 Å². The van der Waals surface area contributed by atoms with Crippen molar-refractivity contribution in [2.45, 2.75) is 66.5 Å². The van der Waals surface area contributed by atoms with Gasteiger partial charge in [0.25, 0.3) is 0 Å². The molecule has 1 aliphatic heterocycles. The Balaban J connectivity index is 2.61. The fourth-order valence-corrected chi connectivity index (χ4v) is 2.57. The van der Waals surface area contributed by atoms with Crippen LogP contribution in [-0.2, 0) is 0 Å². The van der Waals surface area contributed by atoms with Crippen molar-refractivity contribution in [3.05, 3.63) is 0 Å². The monoisotopic (exact) mass is 240 g/mol. The molecule has 0 amide bonds. The minimum Gasteiger partial charge on any atom is -0.309 e. The molecule has 1 saturated heterocycles. The molecule has 1 aliphatic rings. The van der Waals surface area contributed by atoms with E-state index in [1.807, 2.05) is 0 Å². The predicted molar refractivity (Wildman–Crippen MR) is 76.4 cm³/mol. The number of piperazine rings is 1. The van der Waals surface area contributed by atoms with Crippen molar-refractivity contribution in [1.82, 2.24) is 10.2 Å². The Morgan fingerprint density at radius 3 is 2.35 bits per heavy atom. The molecular formula is C15H32N2. The van der Waals surface area contributed by atoms with Gasteiger partial charge in [0.05, 0.1) is 0 Å². The molecule has 0 radical (unpaired) electrons. The molecule has 1 unspecified atom stereocenters. The first-order valence-electron chi connectivity index (χ1n) is 7.10. The van der Waals surface area contributed by atoms with E-state index in [0.29, 0.717) is 11.5 Å². The van der Waals surface area contributed by atoms with E-state index >= 15 is 0 Å². The van der Waals surface area contributed by atoms with Crippen molar-refractivity contribution in [3.63, 3.8) is 0 Å². The molecule has 17 heavy (non-hydrogen) atoms. The minimum atomic E-state index is 0.267. The van der Waals surface area contributed by atoms with Crippen molar-refractivity contribution >= 4 is 0 Å². The van der Waals surface area contributed by atoms with Crippen LogP contribution in [0.4, 0.5) is 0 Å². The molecule has 0 aliphatic carbocycles. The molecule has 0 aromatic heterocycles. The Kier molecular flexibility index (Phi) is 4.65. The lowest BCUT2D eigenvalue weighted by Crippen LogP contribution is -2.63. The zero-order valence-corrected chi connectivity index (χ0v) is 12.9. The van der Waals surface area contributed by atoms with E-state index < -0.39 is 0 Å². The van der Waals surface area contributed by atoms with Gasteiger partial charge < -0.3 is 5.32 Å². The highest BCUT2D eigenvalue weighted by Gasteiger charge is 2.33. The van der Waals surface area contributed by atoms with Crippen LogP contribution in [0.2, 0.25) is 0 Å². The van der Waals surface area contributed by atoms with E-state index in [0.717, 1.165) is 12.5 Å². The molecule has 0 saturated carbocycles. The third-order valence-corrected chi connectivity index (χ3v) is 3.78. The molecule has 0 spiro atoms. The van der Waals surface area contributed by atoms with Gasteiger partial charge in [-0.05, 0) is 38.1 Å². The van der Waals surface area contributed by atoms with Crippen LogP contribution >= 0.6 is 0 Å². The smallest absolute Gasteiger partial charge is 0.0252 e. The van der Waals surface area contributed by atoms with Crippen molar-refractivity contribution in [3.8, 4) is 0 Å². The van der Waals surface area contributed by atoms with Crippen molar-refractivity contribution in [2.75, 3.05) is 19.6 Å². The van der Waals surface area contributed by atoms with Gasteiger partial charge in [0, 0.05) is 24.7 Å². The molecular weight excluding hydrogens is 208 g/mol. The van der Waals surface area contributed by atoms with Crippen molar-refractivity contribution < 1.29 is 0 Å². The molecule has 0 aromatic rings. The van der Waals surface area contributed by atoms with E-state index in [2.05, 4.69) is 58.7 Å². The number of hydrogen-bond donors (Lipinski definition) is 1. The predicted octanol–water partition coefficient (Wildman–Crippen LogP) is 3.13. The van der Waals surface area contributed by atoms with E-state index in [1.165, 1.54) is 19.5 Å². The van der Waals surface area contributed by atoms with Gasteiger partial charge >= 0.3 is 0 Å². The Hall–Kier alpha value is -0.0800. The summed E-state index contributed by atoms with van der Waals surface area (Å²) in [5.74, 6) is 0.735. The van der Waals surface area contributed by atoms with Crippen molar-refractivity contribution in [2.24, 2.45) is 11.3 Å². The first-order chi connectivity index (χ1) is 7.61. The maximum atomic E-state index is 3.68. The fourth-order valence-electron chi connectivity index (χ4n) is 2.57. The second-order valence-electron chi connectivity index (χ2n) is 7.86. The molecule has 1 N–H and O–H groups in total.